The molecule has 6 heteroatoms. The van der Waals surface area contributed by atoms with Crippen molar-refractivity contribution in [3.05, 3.63) is 41.5 Å². The smallest absolute Gasteiger partial charge is 0.293 e. The van der Waals surface area contributed by atoms with Crippen molar-refractivity contribution >= 4 is 5.91 Å². The highest BCUT2D eigenvalue weighted by molar-refractivity contribution is 5.90. The molecule has 0 unspecified atom stereocenters. The lowest BCUT2D eigenvalue weighted by Crippen LogP contribution is -2.46. The molecule has 1 fully saturated rings. The number of benzene rings is 1. The van der Waals surface area contributed by atoms with Gasteiger partial charge in [-0.2, -0.15) is 0 Å². The lowest BCUT2D eigenvalue weighted by atomic mass is 10.0. The summed E-state index contributed by atoms with van der Waals surface area (Å²) >= 11 is 0. The average Bonchev–Trinajstić information content (AvgIpc) is 3.08. The zero-order valence-corrected chi connectivity index (χ0v) is 16.9. The summed E-state index contributed by atoms with van der Waals surface area (Å²) in [6, 6.07) is 8.47. The van der Waals surface area contributed by atoms with Crippen molar-refractivity contribution in [1.29, 1.82) is 0 Å². The Kier molecular flexibility index (Phi) is 6.26. The summed E-state index contributed by atoms with van der Waals surface area (Å²) in [5.74, 6) is 1.37. The predicted octanol–water partition coefficient (Wildman–Crippen LogP) is 3.30. The van der Waals surface area contributed by atoms with Gasteiger partial charge in [-0.3, -0.25) is 4.79 Å². The highest BCUT2D eigenvalue weighted by Gasteiger charge is 2.28. The van der Waals surface area contributed by atoms with Crippen LogP contribution >= 0.6 is 0 Å². The minimum atomic E-state index is -0.0485. The van der Waals surface area contributed by atoms with E-state index in [-0.39, 0.29) is 11.9 Å². The molecule has 2 heterocycles. The first-order valence-corrected chi connectivity index (χ1v) is 10.1. The second-order valence-corrected chi connectivity index (χ2v) is 7.59. The second kappa shape index (κ2) is 8.65. The fraction of sp³-hybridized carbons (Fsp3) is 0.571. The van der Waals surface area contributed by atoms with Crippen LogP contribution in [0.25, 0.3) is 5.69 Å². The van der Waals surface area contributed by atoms with E-state index in [1.807, 2.05) is 34.7 Å². The van der Waals surface area contributed by atoms with Gasteiger partial charge >= 0.3 is 0 Å². The number of amides is 1. The third-order valence-electron chi connectivity index (χ3n) is 5.22. The first kappa shape index (κ1) is 19.5. The number of hydrogen-bond donors (Lipinski definition) is 1. The normalized spacial score (nSPS) is 15.3. The van der Waals surface area contributed by atoms with Crippen molar-refractivity contribution < 1.29 is 4.79 Å². The molecule has 1 amide bonds. The van der Waals surface area contributed by atoms with E-state index in [1.54, 1.807) is 0 Å². The molecule has 0 saturated carbocycles. The van der Waals surface area contributed by atoms with Crippen molar-refractivity contribution in [3.63, 3.8) is 0 Å². The van der Waals surface area contributed by atoms with Crippen molar-refractivity contribution in [3.8, 4) is 5.69 Å². The molecule has 1 aromatic heterocycles. The minimum Gasteiger partial charge on any atom is -0.333 e. The molecule has 3 rings (SSSR count). The summed E-state index contributed by atoms with van der Waals surface area (Å²) in [6.45, 7) is 11.0. The Labute approximate surface area is 162 Å². The Balaban J connectivity index is 1.92. The van der Waals surface area contributed by atoms with Crippen LogP contribution in [0, 0.1) is 6.92 Å². The van der Waals surface area contributed by atoms with Gasteiger partial charge in [0.05, 0.1) is 5.69 Å². The van der Waals surface area contributed by atoms with Gasteiger partial charge in [-0.05, 0) is 56.8 Å². The Bertz CT molecular complexity index is 777. The van der Waals surface area contributed by atoms with Gasteiger partial charge in [0.15, 0.2) is 0 Å². The van der Waals surface area contributed by atoms with Crippen molar-refractivity contribution in [2.24, 2.45) is 0 Å². The fourth-order valence-corrected chi connectivity index (χ4v) is 3.82. The van der Waals surface area contributed by atoms with E-state index in [1.165, 1.54) is 5.56 Å². The molecule has 2 aromatic rings. The molecule has 1 N–H and O–H groups in total. The van der Waals surface area contributed by atoms with Gasteiger partial charge in [-0.25, -0.2) is 9.67 Å². The van der Waals surface area contributed by atoms with E-state index in [2.05, 4.69) is 42.2 Å². The van der Waals surface area contributed by atoms with Gasteiger partial charge in [-0.15, -0.1) is 5.10 Å². The third-order valence-corrected chi connectivity index (χ3v) is 5.22. The second-order valence-electron chi connectivity index (χ2n) is 7.59. The van der Waals surface area contributed by atoms with Crippen LogP contribution in [0.4, 0.5) is 0 Å². The number of carbonyl (C=O) groups is 1. The summed E-state index contributed by atoms with van der Waals surface area (Å²) in [5, 5.41) is 7.99. The van der Waals surface area contributed by atoms with Gasteiger partial charge in [0.25, 0.3) is 5.91 Å². The number of aryl methyl sites for hydroxylation is 1. The number of hydrogen-bond acceptors (Lipinski definition) is 4. The average molecular weight is 370 g/mol. The van der Waals surface area contributed by atoms with Gasteiger partial charge in [0.2, 0.25) is 5.82 Å². The number of aromatic nitrogens is 3. The third kappa shape index (κ3) is 4.21. The first-order valence-electron chi connectivity index (χ1n) is 10.1. The molecule has 1 aliphatic rings. The summed E-state index contributed by atoms with van der Waals surface area (Å²) < 4.78 is 1.81. The zero-order valence-electron chi connectivity index (χ0n) is 16.9. The highest BCUT2D eigenvalue weighted by atomic mass is 16.2. The van der Waals surface area contributed by atoms with Gasteiger partial charge < -0.3 is 10.2 Å². The Morgan fingerprint density at radius 3 is 2.67 bits per heavy atom. The van der Waals surface area contributed by atoms with Crippen LogP contribution in [0.2, 0.25) is 0 Å². The molecule has 0 atom stereocenters. The van der Waals surface area contributed by atoms with Crippen LogP contribution in [-0.4, -0.2) is 51.2 Å². The number of rotatable bonds is 6. The van der Waals surface area contributed by atoms with Gasteiger partial charge in [0, 0.05) is 12.6 Å². The van der Waals surface area contributed by atoms with Crippen LogP contribution in [0.3, 0.4) is 0 Å². The molecule has 0 bridgehead atoms. The Hall–Kier alpha value is -2.21. The van der Waals surface area contributed by atoms with Crippen LogP contribution in [0.15, 0.2) is 24.3 Å². The summed E-state index contributed by atoms with van der Waals surface area (Å²) in [4.78, 5) is 19.7. The maximum Gasteiger partial charge on any atom is 0.293 e. The molecule has 0 spiro atoms. The van der Waals surface area contributed by atoms with Crippen molar-refractivity contribution in [2.45, 2.75) is 58.9 Å². The number of nitrogens with one attached hydrogen (secondary N) is 1. The summed E-state index contributed by atoms with van der Waals surface area (Å²) in [6.07, 6.45) is 2.91. The van der Waals surface area contributed by atoms with Gasteiger partial charge in [0.1, 0.15) is 5.82 Å². The van der Waals surface area contributed by atoms with E-state index < -0.39 is 0 Å². The quantitative estimate of drug-likeness (QED) is 0.849. The van der Waals surface area contributed by atoms with Crippen LogP contribution in [-0.2, 0) is 0 Å². The minimum absolute atomic E-state index is 0.0485. The Morgan fingerprint density at radius 2 is 2.00 bits per heavy atom. The van der Waals surface area contributed by atoms with E-state index >= 15 is 0 Å². The molecule has 27 heavy (non-hydrogen) atoms. The number of piperidine rings is 1. The fourth-order valence-electron chi connectivity index (χ4n) is 3.82. The molecule has 1 aromatic carbocycles. The SMILES string of the molecule is CCCN(C(=O)c1nc(C)n(-c2ccccc2C(C)C)n1)C1CCNCC1. The molecule has 1 aliphatic heterocycles. The van der Waals surface area contributed by atoms with E-state index in [0.717, 1.165) is 50.4 Å². The molecular weight excluding hydrogens is 338 g/mol. The topological polar surface area (TPSA) is 63.1 Å². The molecule has 1 saturated heterocycles. The largest absolute Gasteiger partial charge is 0.333 e. The summed E-state index contributed by atoms with van der Waals surface area (Å²) in [7, 11) is 0. The number of para-hydroxylation sites is 1. The molecule has 0 aliphatic carbocycles. The number of carbonyl (C=O) groups excluding carboxylic acids is 1. The van der Waals surface area contributed by atoms with Crippen molar-refractivity contribution in [1.82, 2.24) is 25.0 Å². The van der Waals surface area contributed by atoms with Crippen LogP contribution < -0.4 is 5.32 Å². The zero-order chi connectivity index (χ0) is 19.4. The first-order chi connectivity index (χ1) is 13.0. The highest BCUT2D eigenvalue weighted by Crippen LogP contribution is 2.23. The van der Waals surface area contributed by atoms with Crippen LogP contribution in [0.1, 0.15) is 68.0 Å². The van der Waals surface area contributed by atoms with E-state index in [0.29, 0.717) is 11.7 Å². The maximum atomic E-state index is 13.2. The lowest BCUT2D eigenvalue weighted by molar-refractivity contribution is 0.0630. The van der Waals surface area contributed by atoms with E-state index in [4.69, 9.17) is 0 Å². The predicted molar refractivity (Wildman–Crippen MR) is 107 cm³/mol. The molecule has 0 radical (unpaired) electrons. The maximum absolute atomic E-state index is 13.2. The van der Waals surface area contributed by atoms with Crippen LogP contribution in [0.5, 0.6) is 0 Å². The van der Waals surface area contributed by atoms with E-state index in [9.17, 15) is 4.79 Å². The summed E-state index contributed by atoms with van der Waals surface area (Å²) in [5.41, 5.74) is 2.20. The van der Waals surface area contributed by atoms with Gasteiger partial charge in [-0.1, -0.05) is 39.0 Å². The molecule has 6 nitrogen and oxygen atoms in total. The Morgan fingerprint density at radius 1 is 1.30 bits per heavy atom. The monoisotopic (exact) mass is 369 g/mol. The molecule has 146 valence electrons. The lowest BCUT2D eigenvalue weighted by Gasteiger charge is -2.33. The van der Waals surface area contributed by atoms with Crippen molar-refractivity contribution in [2.75, 3.05) is 19.6 Å². The molecular formula is C21H31N5O. The number of nitrogens with zero attached hydrogens (tertiary/aromatic N) is 4. The standard InChI is InChI=1S/C21H31N5O/c1-5-14-25(17-10-12-22-13-11-17)21(27)20-23-16(4)26(24-20)19-9-7-6-8-18(19)15(2)3/h6-9,15,17,22H,5,10-14H2,1-4H3.